The third-order valence-corrected chi connectivity index (χ3v) is 8.14. The summed E-state index contributed by atoms with van der Waals surface area (Å²) in [5.41, 5.74) is 6.45. The Labute approximate surface area is 160 Å². The second-order valence-electron chi connectivity index (χ2n) is 6.45. The smallest absolute Gasteiger partial charge is 0.112 e. The molecule has 0 atom stereocenters. The second-order valence-corrected chi connectivity index (χ2v) is 9.33. The summed E-state index contributed by atoms with van der Waals surface area (Å²) in [6.45, 7) is 7.49. The van der Waals surface area contributed by atoms with Crippen molar-refractivity contribution >= 4 is 35.5 Å². The van der Waals surface area contributed by atoms with Crippen LogP contribution in [0.3, 0.4) is 0 Å². The summed E-state index contributed by atoms with van der Waals surface area (Å²) in [5.74, 6) is 2.39. The van der Waals surface area contributed by atoms with E-state index in [9.17, 15) is 0 Å². The van der Waals surface area contributed by atoms with Crippen molar-refractivity contribution in [3.8, 4) is 0 Å². The van der Waals surface area contributed by atoms with E-state index < -0.39 is 0 Å². The van der Waals surface area contributed by atoms with Gasteiger partial charge in [-0.3, -0.25) is 0 Å². The summed E-state index contributed by atoms with van der Waals surface area (Å²) in [7, 11) is 2.05. The van der Waals surface area contributed by atoms with E-state index in [2.05, 4.69) is 104 Å². The van der Waals surface area contributed by atoms with Crippen LogP contribution < -0.4 is 0 Å². The molecule has 1 aliphatic rings. The van der Waals surface area contributed by atoms with Gasteiger partial charge >= 0.3 is 0 Å². The van der Waals surface area contributed by atoms with Gasteiger partial charge < -0.3 is 4.90 Å². The monoisotopic (exact) mass is 370 g/mol. The Morgan fingerprint density at radius 3 is 2.40 bits per heavy atom. The molecule has 0 amide bonds. The van der Waals surface area contributed by atoms with E-state index in [0.717, 1.165) is 12.2 Å². The predicted molar refractivity (Wildman–Crippen MR) is 115 cm³/mol. The zero-order chi connectivity index (χ0) is 17.9. The molecular formula is C21H26N2S2. The number of rotatable bonds is 5. The van der Waals surface area contributed by atoms with Gasteiger partial charge in [-0.05, 0) is 49.1 Å². The van der Waals surface area contributed by atoms with Gasteiger partial charge in [0.25, 0.3) is 0 Å². The van der Waals surface area contributed by atoms with Crippen LogP contribution in [-0.4, -0.2) is 36.3 Å². The van der Waals surface area contributed by atoms with Crippen LogP contribution in [0.1, 0.15) is 29.2 Å². The van der Waals surface area contributed by atoms with Crippen LogP contribution >= 0.6 is 23.5 Å². The van der Waals surface area contributed by atoms with Gasteiger partial charge in [0, 0.05) is 25.1 Å². The maximum Gasteiger partial charge on any atom is 0.112 e. The minimum atomic E-state index is 0.0125. The minimum absolute atomic E-state index is 0.0125. The van der Waals surface area contributed by atoms with Crippen LogP contribution in [0.15, 0.2) is 47.5 Å². The molecule has 0 N–H and O–H groups in total. The van der Waals surface area contributed by atoms with E-state index in [1.165, 1.54) is 33.8 Å². The lowest BCUT2D eigenvalue weighted by Crippen LogP contribution is -2.18. The van der Waals surface area contributed by atoms with Gasteiger partial charge in [-0.2, -0.15) is 0 Å². The fraction of sp³-hybridized carbons (Fsp3) is 0.381. The molecule has 0 radical (unpaired) electrons. The Kier molecular flexibility index (Phi) is 5.80. The van der Waals surface area contributed by atoms with E-state index in [0.29, 0.717) is 0 Å². The molecule has 1 fully saturated rings. The summed E-state index contributed by atoms with van der Waals surface area (Å²) in [4.78, 5) is 6.78. The number of hydrogen-bond acceptors (Lipinski definition) is 3. The molecule has 2 aromatic carbocycles. The van der Waals surface area contributed by atoms with Gasteiger partial charge in [-0.15, -0.1) is 23.5 Å². The van der Waals surface area contributed by atoms with Gasteiger partial charge in [-0.25, -0.2) is 4.99 Å². The first-order valence-electron chi connectivity index (χ1n) is 8.76. The van der Waals surface area contributed by atoms with E-state index in [4.69, 9.17) is 0 Å². The van der Waals surface area contributed by atoms with Crippen LogP contribution in [0.5, 0.6) is 0 Å². The molecule has 1 aliphatic heterocycles. The van der Waals surface area contributed by atoms with Crippen LogP contribution in [-0.2, 0) is 4.08 Å². The third kappa shape index (κ3) is 3.75. The number of benzene rings is 2. The first kappa shape index (κ1) is 18.4. The van der Waals surface area contributed by atoms with Crippen molar-refractivity contribution in [1.82, 2.24) is 4.90 Å². The molecule has 0 aromatic heterocycles. The number of nitrogens with zero attached hydrogens (tertiary/aromatic N) is 2. The molecule has 25 heavy (non-hydrogen) atoms. The quantitative estimate of drug-likeness (QED) is 0.503. The molecule has 2 nitrogen and oxygen atoms in total. The summed E-state index contributed by atoms with van der Waals surface area (Å²) < 4.78 is 0.0125. The molecule has 1 heterocycles. The molecule has 2 aromatic rings. The van der Waals surface area contributed by atoms with Crippen LogP contribution in [0, 0.1) is 13.8 Å². The highest BCUT2D eigenvalue weighted by molar-refractivity contribution is 8.20. The number of aryl methyl sites for hydroxylation is 2. The van der Waals surface area contributed by atoms with Gasteiger partial charge in [-0.1, -0.05) is 36.4 Å². The average molecular weight is 371 g/mol. The standard InChI is InChI=1S/C21H26N2S2/c1-5-23(4)15-22-20-14-16(2)19(13-17(20)3)21(24-11-12-25-21)18-9-7-6-8-10-18/h6-10,13-15H,5,11-12H2,1-4H3/b22-15-. The van der Waals surface area contributed by atoms with E-state index in [-0.39, 0.29) is 4.08 Å². The van der Waals surface area contributed by atoms with E-state index in [1.807, 2.05) is 6.34 Å². The number of aliphatic imine (C=N–C) groups is 1. The predicted octanol–water partition coefficient (Wildman–Crippen LogP) is 5.60. The fourth-order valence-corrected chi connectivity index (χ4v) is 6.52. The van der Waals surface area contributed by atoms with Crippen LogP contribution in [0.25, 0.3) is 0 Å². The Morgan fingerprint density at radius 1 is 1.08 bits per heavy atom. The first-order valence-corrected chi connectivity index (χ1v) is 10.7. The molecule has 0 saturated carbocycles. The van der Waals surface area contributed by atoms with E-state index in [1.54, 1.807) is 0 Å². The summed E-state index contributed by atoms with van der Waals surface area (Å²) in [6, 6.07) is 15.5. The fourth-order valence-electron chi connectivity index (χ4n) is 3.08. The SMILES string of the molecule is CCN(C)/C=N\c1cc(C)c(C2(c3ccccc3)SCCS2)cc1C. The summed E-state index contributed by atoms with van der Waals surface area (Å²) >= 11 is 4.13. The van der Waals surface area contributed by atoms with Crippen LogP contribution in [0.4, 0.5) is 5.69 Å². The lowest BCUT2D eigenvalue weighted by molar-refractivity contribution is 0.552. The zero-order valence-electron chi connectivity index (χ0n) is 15.5. The van der Waals surface area contributed by atoms with Crippen LogP contribution in [0.2, 0.25) is 0 Å². The van der Waals surface area contributed by atoms with Gasteiger partial charge in [0.05, 0.1) is 12.0 Å². The molecule has 0 unspecified atom stereocenters. The van der Waals surface area contributed by atoms with Gasteiger partial charge in [0.15, 0.2) is 0 Å². The van der Waals surface area contributed by atoms with Crippen molar-refractivity contribution in [2.24, 2.45) is 4.99 Å². The molecule has 0 aliphatic carbocycles. The average Bonchev–Trinajstić information content (AvgIpc) is 3.13. The maximum absolute atomic E-state index is 4.69. The molecule has 1 saturated heterocycles. The Bertz CT molecular complexity index is 750. The molecule has 0 spiro atoms. The maximum atomic E-state index is 4.69. The van der Waals surface area contributed by atoms with Crippen molar-refractivity contribution in [2.75, 3.05) is 25.1 Å². The summed E-state index contributed by atoms with van der Waals surface area (Å²) in [6.07, 6.45) is 1.92. The lowest BCUT2D eigenvalue weighted by Gasteiger charge is -2.31. The van der Waals surface area contributed by atoms with Gasteiger partial charge in [0.1, 0.15) is 4.08 Å². The van der Waals surface area contributed by atoms with Crippen molar-refractivity contribution < 1.29 is 0 Å². The molecule has 4 heteroatoms. The largest absolute Gasteiger partial charge is 0.366 e. The van der Waals surface area contributed by atoms with Crippen molar-refractivity contribution in [3.63, 3.8) is 0 Å². The van der Waals surface area contributed by atoms with E-state index >= 15 is 0 Å². The Balaban J connectivity index is 2.04. The Morgan fingerprint density at radius 2 is 1.76 bits per heavy atom. The van der Waals surface area contributed by atoms with Gasteiger partial charge in [0.2, 0.25) is 0 Å². The molecular weight excluding hydrogens is 344 g/mol. The minimum Gasteiger partial charge on any atom is -0.366 e. The first-order chi connectivity index (χ1) is 12.1. The Hall–Kier alpha value is -1.39. The molecule has 132 valence electrons. The highest BCUT2D eigenvalue weighted by Crippen LogP contribution is 2.57. The van der Waals surface area contributed by atoms with Crippen molar-refractivity contribution in [3.05, 3.63) is 64.7 Å². The number of hydrogen-bond donors (Lipinski definition) is 0. The van der Waals surface area contributed by atoms with Crippen molar-refractivity contribution in [2.45, 2.75) is 24.9 Å². The highest BCUT2D eigenvalue weighted by atomic mass is 32.2. The third-order valence-electron chi connectivity index (χ3n) is 4.64. The highest BCUT2D eigenvalue weighted by Gasteiger charge is 2.40. The lowest BCUT2D eigenvalue weighted by atomic mass is 9.96. The summed E-state index contributed by atoms with van der Waals surface area (Å²) in [5, 5.41) is 0. The normalized spacial score (nSPS) is 16.5. The topological polar surface area (TPSA) is 15.6 Å². The molecule has 0 bridgehead atoms. The number of thioether (sulfide) groups is 2. The zero-order valence-corrected chi connectivity index (χ0v) is 17.1. The molecule has 3 rings (SSSR count). The second kappa shape index (κ2) is 7.88. The van der Waals surface area contributed by atoms with Crippen molar-refractivity contribution in [1.29, 1.82) is 0 Å².